The van der Waals surface area contributed by atoms with Gasteiger partial charge in [0.25, 0.3) is 0 Å². The Labute approximate surface area is 156 Å². The molecule has 0 unspecified atom stereocenters. The average Bonchev–Trinajstić information content (AvgIpc) is 2.55. The summed E-state index contributed by atoms with van der Waals surface area (Å²) in [6.45, 7) is 1.88. The second-order valence-electron chi connectivity index (χ2n) is 5.22. The Bertz CT molecular complexity index is 774. The summed E-state index contributed by atoms with van der Waals surface area (Å²) in [5, 5.41) is 13.1. The number of halogens is 2. The summed E-state index contributed by atoms with van der Waals surface area (Å²) >= 11 is 13.5. The Hall–Kier alpha value is -1.67. The van der Waals surface area contributed by atoms with Gasteiger partial charge in [0.1, 0.15) is 0 Å². The first-order chi connectivity index (χ1) is 11.5. The van der Waals surface area contributed by atoms with E-state index in [1.807, 2.05) is 31.2 Å². The molecular formula is C18H16Cl2N2OS. The van der Waals surface area contributed by atoms with Crippen LogP contribution >= 0.6 is 35.0 Å². The normalized spacial score (nSPS) is 11.6. The Morgan fingerprint density at radius 2 is 2.04 bits per heavy atom. The number of rotatable bonds is 6. The predicted octanol–water partition coefficient (Wildman–Crippen LogP) is 4.98. The molecule has 1 atom stereocenters. The minimum Gasteiger partial charge on any atom is -0.349 e. The van der Waals surface area contributed by atoms with Crippen molar-refractivity contribution in [1.29, 1.82) is 5.26 Å². The van der Waals surface area contributed by atoms with E-state index >= 15 is 0 Å². The zero-order valence-electron chi connectivity index (χ0n) is 13.1. The molecule has 0 heterocycles. The van der Waals surface area contributed by atoms with Crippen molar-refractivity contribution in [3.05, 3.63) is 69.2 Å². The van der Waals surface area contributed by atoms with Gasteiger partial charge in [-0.25, -0.2) is 0 Å². The van der Waals surface area contributed by atoms with Crippen molar-refractivity contribution in [3.8, 4) is 6.07 Å². The van der Waals surface area contributed by atoms with E-state index in [9.17, 15) is 4.79 Å². The molecule has 1 amide bonds. The maximum absolute atomic E-state index is 12.1. The molecule has 24 heavy (non-hydrogen) atoms. The SMILES string of the molecule is C[C@H](NC(=O)CSCc1ccccc1C#N)c1ccc(Cl)cc1Cl. The standard InChI is InChI=1S/C18H16Cl2N2OS/c1-12(16-7-6-15(19)8-17(16)20)22-18(23)11-24-10-14-5-3-2-4-13(14)9-21/h2-8,12H,10-11H2,1H3,(H,22,23)/t12-/m0/s1. The summed E-state index contributed by atoms with van der Waals surface area (Å²) in [5.41, 5.74) is 2.41. The third-order valence-electron chi connectivity index (χ3n) is 3.44. The third-order valence-corrected chi connectivity index (χ3v) is 4.98. The van der Waals surface area contributed by atoms with Gasteiger partial charge in [-0.3, -0.25) is 4.79 Å². The van der Waals surface area contributed by atoms with Crippen molar-refractivity contribution < 1.29 is 4.79 Å². The molecule has 0 aliphatic carbocycles. The molecule has 1 N–H and O–H groups in total. The molecule has 0 spiro atoms. The van der Waals surface area contributed by atoms with Crippen LogP contribution in [0, 0.1) is 11.3 Å². The lowest BCUT2D eigenvalue weighted by atomic mass is 10.1. The van der Waals surface area contributed by atoms with Gasteiger partial charge in [0.05, 0.1) is 23.4 Å². The van der Waals surface area contributed by atoms with Gasteiger partial charge < -0.3 is 5.32 Å². The quantitative estimate of drug-likeness (QED) is 0.771. The molecule has 3 nitrogen and oxygen atoms in total. The van der Waals surface area contributed by atoms with Crippen molar-refractivity contribution in [3.63, 3.8) is 0 Å². The fourth-order valence-electron chi connectivity index (χ4n) is 2.22. The topological polar surface area (TPSA) is 52.9 Å². The number of hydrogen-bond acceptors (Lipinski definition) is 3. The molecule has 2 aromatic rings. The molecule has 2 rings (SSSR count). The van der Waals surface area contributed by atoms with Crippen LogP contribution in [0.5, 0.6) is 0 Å². The Morgan fingerprint density at radius 3 is 2.75 bits per heavy atom. The van der Waals surface area contributed by atoms with E-state index in [0.29, 0.717) is 27.1 Å². The monoisotopic (exact) mass is 378 g/mol. The number of nitriles is 1. The van der Waals surface area contributed by atoms with Crippen LogP contribution in [0.15, 0.2) is 42.5 Å². The van der Waals surface area contributed by atoms with E-state index in [0.717, 1.165) is 11.1 Å². The fourth-order valence-corrected chi connectivity index (χ4v) is 3.64. The lowest BCUT2D eigenvalue weighted by Crippen LogP contribution is -2.28. The van der Waals surface area contributed by atoms with Gasteiger partial charge in [-0.2, -0.15) is 5.26 Å². The molecule has 0 bridgehead atoms. The first-order valence-corrected chi connectivity index (χ1v) is 9.22. The smallest absolute Gasteiger partial charge is 0.230 e. The second-order valence-corrected chi connectivity index (χ2v) is 7.05. The zero-order chi connectivity index (χ0) is 17.5. The Balaban J connectivity index is 1.86. The zero-order valence-corrected chi connectivity index (χ0v) is 15.4. The van der Waals surface area contributed by atoms with Gasteiger partial charge in [-0.15, -0.1) is 11.8 Å². The number of hydrogen-bond donors (Lipinski definition) is 1. The summed E-state index contributed by atoms with van der Waals surface area (Å²) < 4.78 is 0. The van der Waals surface area contributed by atoms with Crippen molar-refractivity contribution in [2.24, 2.45) is 0 Å². The maximum atomic E-state index is 12.1. The van der Waals surface area contributed by atoms with E-state index in [2.05, 4.69) is 11.4 Å². The minimum atomic E-state index is -0.200. The molecule has 0 saturated carbocycles. The van der Waals surface area contributed by atoms with E-state index in [1.54, 1.807) is 18.2 Å². The minimum absolute atomic E-state index is 0.0760. The molecule has 0 aromatic heterocycles. The van der Waals surface area contributed by atoms with Crippen LogP contribution < -0.4 is 5.32 Å². The molecule has 6 heteroatoms. The second kappa shape index (κ2) is 8.98. The van der Waals surface area contributed by atoms with Crippen molar-refractivity contribution in [2.75, 3.05) is 5.75 Å². The first kappa shape index (κ1) is 18.7. The average molecular weight is 379 g/mol. The van der Waals surface area contributed by atoms with Crippen LogP contribution in [0.2, 0.25) is 10.0 Å². The van der Waals surface area contributed by atoms with Gasteiger partial charge in [-0.1, -0.05) is 47.5 Å². The summed E-state index contributed by atoms with van der Waals surface area (Å²) in [6.07, 6.45) is 0. The molecule has 124 valence electrons. The van der Waals surface area contributed by atoms with E-state index in [-0.39, 0.29) is 11.9 Å². The summed E-state index contributed by atoms with van der Waals surface area (Å²) in [6, 6.07) is 14.6. The van der Waals surface area contributed by atoms with E-state index < -0.39 is 0 Å². The summed E-state index contributed by atoms with van der Waals surface area (Å²) in [7, 11) is 0. The molecule has 0 aliphatic rings. The summed E-state index contributed by atoms with van der Waals surface area (Å²) in [4.78, 5) is 12.1. The number of benzene rings is 2. The van der Waals surface area contributed by atoms with Crippen LogP contribution in [0.1, 0.15) is 29.7 Å². The van der Waals surface area contributed by atoms with Gasteiger partial charge >= 0.3 is 0 Å². The predicted molar refractivity (Wildman–Crippen MR) is 100 cm³/mol. The Kier molecular flexibility index (Phi) is 6.99. The van der Waals surface area contributed by atoms with Crippen molar-refractivity contribution >= 4 is 40.9 Å². The highest BCUT2D eigenvalue weighted by Gasteiger charge is 2.13. The number of carbonyl (C=O) groups excluding carboxylic acids is 1. The summed E-state index contributed by atoms with van der Waals surface area (Å²) in [5.74, 6) is 0.857. The molecule has 0 aliphatic heterocycles. The van der Waals surface area contributed by atoms with Gasteiger partial charge in [0.2, 0.25) is 5.91 Å². The van der Waals surface area contributed by atoms with Crippen LogP contribution in [-0.4, -0.2) is 11.7 Å². The van der Waals surface area contributed by atoms with Gasteiger partial charge in [-0.05, 0) is 36.2 Å². The molecule has 0 radical (unpaired) electrons. The highest BCUT2D eigenvalue weighted by molar-refractivity contribution is 7.99. The largest absolute Gasteiger partial charge is 0.349 e. The van der Waals surface area contributed by atoms with E-state index in [1.165, 1.54) is 11.8 Å². The fraction of sp³-hybridized carbons (Fsp3) is 0.222. The van der Waals surface area contributed by atoms with Gasteiger partial charge in [0.15, 0.2) is 0 Å². The lowest BCUT2D eigenvalue weighted by Gasteiger charge is -2.16. The molecule has 0 fully saturated rings. The molecular weight excluding hydrogens is 363 g/mol. The van der Waals surface area contributed by atoms with Crippen LogP contribution in [0.25, 0.3) is 0 Å². The molecule has 2 aromatic carbocycles. The Morgan fingerprint density at radius 1 is 1.29 bits per heavy atom. The van der Waals surface area contributed by atoms with Crippen LogP contribution in [0.4, 0.5) is 0 Å². The van der Waals surface area contributed by atoms with Crippen molar-refractivity contribution in [2.45, 2.75) is 18.7 Å². The van der Waals surface area contributed by atoms with Crippen molar-refractivity contribution in [1.82, 2.24) is 5.32 Å². The van der Waals surface area contributed by atoms with Gasteiger partial charge in [0, 0.05) is 15.8 Å². The number of carbonyl (C=O) groups is 1. The van der Waals surface area contributed by atoms with Crippen LogP contribution in [-0.2, 0) is 10.5 Å². The maximum Gasteiger partial charge on any atom is 0.230 e. The number of nitrogens with one attached hydrogen (secondary N) is 1. The molecule has 0 saturated heterocycles. The van der Waals surface area contributed by atoms with Crippen LogP contribution in [0.3, 0.4) is 0 Å². The highest BCUT2D eigenvalue weighted by Crippen LogP contribution is 2.26. The first-order valence-electron chi connectivity index (χ1n) is 7.31. The number of thioether (sulfide) groups is 1. The van der Waals surface area contributed by atoms with E-state index in [4.69, 9.17) is 28.5 Å². The highest BCUT2D eigenvalue weighted by atomic mass is 35.5. The lowest BCUT2D eigenvalue weighted by molar-refractivity contribution is -0.119. The third kappa shape index (κ3) is 5.17. The number of amides is 1. The number of nitrogens with zero attached hydrogens (tertiary/aromatic N) is 1.